The molecule has 0 radical (unpaired) electrons. The van der Waals surface area contributed by atoms with Gasteiger partial charge in [-0.3, -0.25) is 9.59 Å². The number of ketones is 1. The predicted octanol–water partition coefficient (Wildman–Crippen LogP) is 2.35. The van der Waals surface area contributed by atoms with E-state index in [4.69, 9.17) is 0 Å². The third-order valence-corrected chi connectivity index (χ3v) is 3.11. The zero-order chi connectivity index (χ0) is 12.3. The molecule has 0 unspecified atom stereocenters. The average Bonchev–Trinajstić information content (AvgIpc) is 2.36. The molecule has 0 fully saturated rings. The third-order valence-electron chi connectivity index (χ3n) is 3.11. The molecular formula is C14H17NO2. The highest BCUT2D eigenvalue weighted by molar-refractivity contribution is 6.02. The van der Waals surface area contributed by atoms with Crippen LogP contribution in [0.5, 0.6) is 0 Å². The van der Waals surface area contributed by atoms with Crippen molar-refractivity contribution in [3.63, 3.8) is 0 Å². The lowest BCUT2D eigenvalue weighted by molar-refractivity contribution is 0.0946. The number of carbonyl (C=O) groups excluding carboxylic acids is 2. The maximum absolute atomic E-state index is 11.9. The third kappa shape index (κ3) is 2.54. The first kappa shape index (κ1) is 11.8. The number of unbranched alkanes of at least 4 members (excludes halogenated alkanes) is 1. The van der Waals surface area contributed by atoms with E-state index in [-0.39, 0.29) is 11.7 Å². The fourth-order valence-corrected chi connectivity index (χ4v) is 2.07. The molecule has 1 N–H and O–H groups in total. The number of hydrogen-bond donors (Lipinski definition) is 1. The number of nitrogens with one attached hydrogen (secondary N) is 1. The molecule has 0 saturated carbocycles. The summed E-state index contributed by atoms with van der Waals surface area (Å²) in [6, 6.07) is 5.49. The summed E-state index contributed by atoms with van der Waals surface area (Å²) in [5.74, 6) is 0.0735. The standard InChI is InChI=1S/C14H17NO2/c1-2-3-4-13(16)11-6-5-10-7-8-15-14(17)12(10)9-11/h5-6,9H,2-4,7-8H2,1H3,(H,15,17). The Labute approximate surface area is 101 Å². The minimum Gasteiger partial charge on any atom is -0.352 e. The van der Waals surface area contributed by atoms with Gasteiger partial charge in [0.05, 0.1) is 0 Å². The summed E-state index contributed by atoms with van der Waals surface area (Å²) < 4.78 is 0. The molecule has 17 heavy (non-hydrogen) atoms. The van der Waals surface area contributed by atoms with Gasteiger partial charge in [0.25, 0.3) is 5.91 Å². The molecule has 0 saturated heterocycles. The van der Waals surface area contributed by atoms with Gasteiger partial charge in [0, 0.05) is 24.1 Å². The molecule has 1 aromatic carbocycles. The molecule has 0 atom stereocenters. The van der Waals surface area contributed by atoms with Crippen LogP contribution in [0.3, 0.4) is 0 Å². The van der Waals surface area contributed by atoms with E-state index in [2.05, 4.69) is 12.2 Å². The van der Waals surface area contributed by atoms with Crippen LogP contribution in [0.25, 0.3) is 0 Å². The van der Waals surface area contributed by atoms with E-state index in [1.54, 1.807) is 6.07 Å². The molecule has 0 aliphatic carbocycles. The van der Waals surface area contributed by atoms with Gasteiger partial charge in [-0.15, -0.1) is 0 Å². The summed E-state index contributed by atoms with van der Waals surface area (Å²) in [6.45, 7) is 2.75. The SMILES string of the molecule is CCCCC(=O)c1ccc2c(c1)C(=O)NCC2. The van der Waals surface area contributed by atoms with Gasteiger partial charge in [0.15, 0.2) is 5.78 Å². The van der Waals surface area contributed by atoms with Gasteiger partial charge in [0.1, 0.15) is 0 Å². The van der Waals surface area contributed by atoms with Crippen molar-refractivity contribution in [1.82, 2.24) is 5.32 Å². The van der Waals surface area contributed by atoms with E-state index in [0.717, 1.165) is 24.8 Å². The summed E-state index contributed by atoms with van der Waals surface area (Å²) in [5.41, 5.74) is 2.37. The van der Waals surface area contributed by atoms with Crippen LogP contribution in [0.2, 0.25) is 0 Å². The van der Waals surface area contributed by atoms with Crippen molar-refractivity contribution in [2.75, 3.05) is 6.54 Å². The summed E-state index contributed by atoms with van der Waals surface area (Å²) in [4.78, 5) is 23.5. The van der Waals surface area contributed by atoms with E-state index >= 15 is 0 Å². The minimum absolute atomic E-state index is 0.0589. The second kappa shape index (κ2) is 5.13. The number of Topliss-reactive ketones (excluding diaryl/α,β-unsaturated/α-hetero) is 1. The number of fused-ring (bicyclic) bond motifs is 1. The molecule has 0 spiro atoms. The Morgan fingerprint density at radius 1 is 1.41 bits per heavy atom. The van der Waals surface area contributed by atoms with Crippen LogP contribution >= 0.6 is 0 Å². The summed E-state index contributed by atoms with van der Waals surface area (Å²) in [6.07, 6.45) is 3.33. The predicted molar refractivity (Wildman–Crippen MR) is 66.3 cm³/mol. The van der Waals surface area contributed by atoms with Gasteiger partial charge in [0.2, 0.25) is 0 Å². The lowest BCUT2D eigenvalue weighted by Gasteiger charge is -2.16. The minimum atomic E-state index is -0.0589. The van der Waals surface area contributed by atoms with Crippen molar-refractivity contribution in [3.8, 4) is 0 Å². The van der Waals surface area contributed by atoms with Crippen LogP contribution in [0.1, 0.15) is 52.5 Å². The Morgan fingerprint density at radius 3 is 3.00 bits per heavy atom. The van der Waals surface area contributed by atoms with E-state index in [1.165, 1.54) is 0 Å². The molecule has 1 aromatic rings. The molecule has 1 aliphatic heterocycles. The highest BCUT2D eigenvalue weighted by Crippen LogP contribution is 2.17. The molecule has 0 aromatic heterocycles. The summed E-state index contributed by atoms with van der Waals surface area (Å²) in [7, 11) is 0. The fraction of sp³-hybridized carbons (Fsp3) is 0.429. The second-order valence-electron chi connectivity index (χ2n) is 4.40. The normalized spacial score (nSPS) is 14.1. The van der Waals surface area contributed by atoms with E-state index < -0.39 is 0 Å². The Balaban J connectivity index is 2.23. The zero-order valence-electron chi connectivity index (χ0n) is 10.1. The molecule has 1 aliphatic rings. The van der Waals surface area contributed by atoms with E-state index in [9.17, 15) is 9.59 Å². The largest absolute Gasteiger partial charge is 0.352 e. The highest BCUT2D eigenvalue weighted by atomic mass is 16.1. The van der Waals surface area contributed by atoms with Crippen molar-refractivity contribution in [3.05, 3.63) is 34.9 Å². The number of amides is 1. The maximum atomic E-state index is 11.9. The number of carbonyl (C=O) groups is 2. The smallest absolute Gasteiger partial charge is 0.251 e. The van der Waals surface area contributed by atoms with Gasteiger partial charge in [-0.1, -0.05) is 25.5 Å². The van der Waals surface area contributed by atoms with Crippen LogP contribution in [0.15, 0.2) is 18.2 Å². The van der Waals surface area contributed by atoms with Crippen LogP contribution in [0, 0.1) is 0 Å². The van der Waals surface area contributed by atoms with Crippen molar-refractivity contribution in [2.24, 2.45) is 0 Å². The second-order valence-corrected chi connectivity index (χ2v) is 4.40. The molecule has 1 heterocycles. The fourth-order valence-electron chi connectivity index (χ4n) is 2.07. The van der Waals surface area contributed by atoms with Crippen molar-refractivity contribution in [1.29, 1.82) is 0 Å². The molecular weight excluding hydrogens is 214 g/mol. The van der Waals surface area contributed by atoms with Crippen LogP contribution < -0.4 is 5.32 Å². The van der Waals surface area contributed by atoms with Crippen molar-refractivity contribution >= 4 is 11.7 Å². The monoisotopic (exact) mass is 231 g/mol. The van der Waals surface area contributed by atoms with Gasteiger partial charge in [-0.25, -0.2) is 0 Å². The van der Waals surface area contributed by atoms with Crippen molar-refractivity contribution < 1.29 is 9.59 Å². The maximum Gasteiger partial charge on any atom is 0.251 e. The summed E-state index contributed by atoms with van der Waals surface area (Å²) in [5, 5.41) is 2.80. The topological polar surface area (TPSA) is 46.2 Å². The summed E-state index contributed by atoms with van der Waals surface area (Å²) >= 11 is 0. The quantitative estimate of drug-likeness (QED) is 0.808. The van der Waals surface area contributed by atoms with Crippen LogP contribution in [0.4, 0.5) is 0 Å². The Morgan fingerprint density at radius 2 is 2.24 bits per heavy atom. The highest BCUT2D eigenvalue weighted by Gasteiger charge is 2.18. The van der Waals surface area contributed by atoms with Crippen molar-refractivity contribution in [2.45, 2.75) is 32.6 Å². The van der Waals surface area contributed by atoms with Gasteiger partial charge >= 0.3 is 0 Å². The Hall–Kier alpha value is -1.64. The lowest BCUT2D eigenvalue weighted by atomic mass is 9.95. The van der Waals surface area contributed by atoms with Crippen LogP contribution in [-0.2, 0) is 6.42 Å². The number of benzene rings is 1. The average molecular weight is 231 g/mol. The van der Waals surface area contributed by atoms with E-state index in [1.807, 2.05) is 12.1 Å². The lowest BCUT2D eigenvalue weighted by Crippen LogP contribution is -2.31. The Kier molecular flexibility index (Phi) is 3.57. The first-order valence-corrected chi connectivity index (χ1v) is 6.16. The van der Waals surface area contributed by atoms with Gasteiger partial charge in [-0.2, -0.15) is 0 Å². The van der Waals surface area contributed by atoms with Gasteiger partial charge in [-0.05, 0) is 24.5 Å². The number of rotatable bonds is 4. The van der Waals surface area contributed by atoms with Gasteiger partial charge < -0.3 is 5.32 Å². The first-order valence-electron chi connectivity index (χ1n) is 6.16. The Bertz CT molecular complexity index is 452. The molecule has 3 nitrogen and oxygen atoms in total. The zero-order valence-corrected chi connectivity index (χ0v) is 10.1. The first-order chi connectivity index (χ1) is 8.22. The molecule has 3 heteroatoms. The molecule has 1 amide bonds. The molecule has 2 rings (SSSR count). The van der Waals surface area contributed by atoms with Crippen LogP contribution in [-0.4, -0.2) is 18.2 Å². The number of hydrogen-bond acceptors (Lipinski definition) is 2. The molecule has 90 valence electrons. The van der Waals surface area contributed by atoms with E-state index in [0.29, 0.717) is 24.1 Å². The molecule has 0 bridgehead atoms.